The van der Waals surface area contributed by atoms with E-state index in [1.807, 2.05) is 43.3 Å². The molecular formula is C18H16N6O. The van der Waals surface area contributed by atoms with Gasteiger partial charge in [-0.2, -0.15) is 0 Å². The molecule has 0 aliphatic rings. The largest absolute Gasteiger partial charge is 0.481 e. The van der Waals surface area contributed by atoms with Crippen molar-refractivity contribution in [2.75, 3.05) is 7.11 Å². The number of aromatic amines is 1. The Morgan fingerprint density at radius 2 is 1.92 bits per heavy atom. The van der Waals surface area contributed by atoms with Gasteiger partial charge in [-0.25, -0.2) is 15.0 Å². The van der Waals surface area contributed by atoms with Gasteiger partial charge in [-0.3, -0.25) is 4.68 Å². The Labute approximate surface area is 142 Å². The molecule has 5 aromatic rings. The van der Waals surface area contributed by atoms with Gasteiger partial charge >= 0.3 is 0 Å². The highest BCUT2D eigenvalue weighted by molar-refractivity contribution is 5.97. The molecule has 0 spiro atoms. The molecule has 1 N–H and O–H groups in total. The smallest absolute Gasteiger partial charge is 0.213 e. The number of H-pyrrole nitrogens is 1. The third kappa shape index (κ3) is 1.95. The van der Waals surface area contributed by atoms with Gasteiger partial charge in [0.05, 0.1) is 23.8 Å². The predicted molar refractivity (Wildman–Crippen MR) is 96.6 cm³/mol. The van der Waals surface area contributed by atoms with E-state index in [0.29, 0.717) is 5.88 Å². The summed E-state index contributed by atoms with van der Waals surface area (Å²) in [5.41, 5.74) is 6.44. The lowest BCUT2D eigenvalue weighted by molar-refractivity contribution is 0.399. The summed E-state index contributed by atoms with van der Waals surface area (Å²) in [4.78, 5) is 14.0. The zero-order valence-corrected chi connectivity index (χ0v) is 14.1. The summed E-state index contributed by atoms with van der Waals surface area (Å²) in [7, 11) is 5.59. The van der Waals surface area contributed by atoms with Crippen LogP contribution >= 0.6 is 0 Å². The standard InChI is InChI=1S/C18H16N6O/c1-23-9-11(17-14(23)4-5-16(22-17)25-3)12-6-10-7-15-13(8-19-24(15)2)21-18(10)20-12/h4-9,19H,1-3H3. The molecule has 0 unspecified atom stereocenters. The third-order valence-corrected chi connectivity index (χ3v) is 4.61. The Morgan fingerprint density at radius 1 is 1.04 bits per heavy atom. The highest BCUT2D eigenvalue weighted by Crippen LogP contribution is 2.32. The maximum absolute atomic E-state index is 5.28. The second kappa shape index (κ2) is 4.83. The van der Waals surface area contributed by atoms with Crippen LogP contribution in [-0.2, 0) is 14.1 Å². The first-order chi connectivity index (χ1) is 12.1. The molecule has 5 heterocycles. The maximum atomic E-state index is 5.28. The summed E-state index contributed by atoms with van der Waals surface area (Å²) in [5.74, 6) is 0.593. The Kier molecular flexibility index (Phi) is 2.71. The van der Waals surface area contributed by atoms with Crippen molar-refractivity contribution in [2.45, 2.75) is 0 Å². The van der Waals surface area contributed by atoms with E-state index in [-0.39, 0.29) is 0 Å². The van der Waals surface area contributed by atoms with Crippen LogP contribution in [-0.4, -0.2) is 36.4 Å². The normalized spacial score (nSPS) is 11.8. The summed E-state index contributed by atoms with van der Waals surface area (Å²) in [5, 5.41) is 4.14. The summed E-state index contributed by atoms with van der Waals surface area (Å²) >= 11 is 0. The van der Waals surface area contributed by atoms with Gasteiger partial charge in [0.2, 0.25) is 5.88 Å². The first-order valence-corrected chi connectivity index (χ1v) is 7.96. The van der Waals surface area contributed by atoms with E-state index in [4.69, 9.17) is 9.72 Å². The van der Waals surface area contributed by atoms with Crippen molar-refractivity contribution in [3.8, 4) is 17.1 Å². The van der Waals surface area contributed by atoms with Gasteiger partial charge in [-0.1, -0.05) is 0 Å². The van der Waals surface area contributed by atoms with Crippen LogP contribution in [0, 0.1) is 0 Å². The van der Waals surface area contributed by atoms with Crippen molar-refractivity contribution in [3.63, 3.8) is 0 Å². The quantitative estimate of drug-likeness (QED) is 0.539. The minimum absolute atomic E-state index is 0.593. The molecule has 0 fully saturated rings. The third-order valence-electron chi connectivity index (χ3n) is 4.61. The molecule has 5 aromatic heterocycles. The number of nitrogens with zero attached hydrogens (tertiary/aromatic N) is 5. The van der Waals surface area contributed by atoms with Gasteiger partial charge in [0.25, 0.3) is 0 Å². The van der Waals surface area contributed by atoms with Gasteiger partial charge in [0, 0.05) is 43.5 Å². The second-order valence-electron chi connectivity index (χ2n) is 6.15. The molecule has 0 saturated carbocycles. The van der Waals surface area contributed by atoms with Gasteiger partial charge in [-0.15, -0.1) is 0 Å². The van der Waals surface area contributed by atoms with Crippen molar-refractivity contribution >= 4 is 33.1 Å². The molecule has 0 saturated heterocycles. The van der Waals surface area contributed by atoms with Crippen LogP contribution in [0.25, 0.3) is 44.4 Å². The number of fused-ring (bicyclic) bond motifs is 3. The molecule has 0 atom stereocenters. The van der Waals surface area contributed by atoms with E-state index in [2.05, 4.69) is 31.8 Å². The van der Waals surface area contributed by atoms with Crippen LogP contribution < -0.4 is 4.74 Å². The lowest BCUT2D eigenvalue weighted by Gasteiger charge is -2.00. The number of aryl methyl sites for hydroxylation is 2. The summed E-state index contributed by atoms with van der Waals surface area (Å²) < 4.78 is 9.27. The van der Waals surface area contributed by atoms with Crippen molar-refractivity contribution in [1.29, 1.82) is 0 Å². The topological polar surface area (TPSA) is 73.6 Å². The zero-order valence-electron chi connectivity index (χ0n) is 14.1. The SMILES string of the molecule is COc1ccc2c(n1)c(-c1cc3cc4c(c[nH]n4C)nc3n1)cn2C. The molecular weight excluding hydrogens is 316 g/mol. The minimum Gasteiger partial charge on any atom is -0.481 e. The highest BCUT2D eigenvalue weighted by atomic mass is 16.5. The number of rotatable bonds is 2. The van der Waals surface area contributed by atoms with Crippen molar-refractivity contribution in [3.05, 3.63) is 36.7 Å². The van der Waals surface area contributed by atoms with Crippen LogP contribution in [0.1, 0.15) is 0 Å². The summed E-state index contributed by atoms with van der Waals surface area (Å²) in [6, 6.07) is 8.04. The molecule has 0 radical (unpaired) electrons. The number of aromatic nitrogens is 6. The first-order valence-electron chi connectivity index (χ1n) is 7.96. The van der Waals surface area contributed by atoms with E-state index >= 15 is 0 Å². The molecule has 7 heteroatoms. The zero-order chi connectivity index (χ0) is 17.1. The first kappa shape index (κ1) is 14.0. The van der Waals surface area contributed by atoms with E-state index in [0.717, 1.165) is 44.4 Å². The lowest BCUT2D eigenvalue weighted by atomic mass is 10.2. The fraction of sp³-hybridized carbons (Fsp3) is 0.167. The molecule has 5 rings (SSSR count). The van der Waals surface area contributed by atoms with Crippen LogP contribution in [0.2, 0.25) is 0 Å². The summed E-state index contributed by atoms with van der Waals surface area (Å²) in [6.07, 6.45) is 3.93. The molecule has 0 amide bonds. The molecule has 0 aliphatic carbocycles. The van der Waals surface area contributed by atoms with E-state index in [1.54, 1.807) is 7.11 Å². The average Bonchev–Trinajstić information content (AvgIpc) is 3.29. The highest BCUT2D eigenvalue weighted by Gasteiger charge is 2.15. The monoisotopic (exact) mass is 332 g/mol. The molecule has 7 nitrogen and oxygen atoms in total. The Hall–Kier alpha value is -3.35. The number of hydrogen-bond acceptors (Lipinski definition) is 4. The molecule has 124 valence electrons. The Bertz CT molecular complexity index is 1260. The maximum Gasteiger partial charge on any atom is 0.213 e. The van der Waals surface area contributed by atoms with E-state index in [9.17, 15) is 0 Å². The van der Waals surface area contributed by atoms with Crippen LogP contribution in [0.15, 0.2) is 36.7 Å². The van der Waals surface area contributed by atoms with Crippen LogP contribution in [0.3, 0.4) is 0 Å². The van der Waals surface area contributed by atoms with Gasteiger partial charge in [0.15, 0.2) is 5.65 Å². The molecule has 0 bridgehead atoms. The summed E-state index contributed by atoms with van der Waals surface area (Å²) in [6.45, 7) is 0. The number of methoxy groups -OCH3 is 1. The van der Waals surface area contributed by atoms with Crippen molar-refractivity contribution in [2.24, 2.45) is 14.1 Å². The molecule has 0 aromatic carbocycles. The molecule has 25 heavy (non-hydrogen) atoms. The van der Waals surface area contributed by atoms with E-state index < -0.39 is 0 Å². The van der Waals surface area contributed by atoms with Gasteiger partial charge in [0.1, 0.15) is 11.0 Å². The number of ether oxygens (including phenoxy) is 1. The predicted octanol–water partition coefficient (Wildman–Crippen LogP) is 3.01. The fourth-order valence-corrected chi connectivity index (χ4v) is 3.29. The van der Waals surface area contributed by atoms with Gasteiger partial charge < -0.3 is 14.4 Å². The number of nitrogens with one attached hydrogen (secondary N) is 1. The van der Waals surface area contributed by atoms with Gasteiger partial charge in [-0.05, 0) is 18.2 Å². The lowest BCUT2D eigenvalue weighted by Crippen LogP contribution is -1.89. The fourth-order valence-electron chi connectivity index (χ4n) is 3.29. The van der Waals surface area contributed by atoms with Crippen LogP contribution in [0.4, 0.5) is 0 Å². The number of hydrogen-bond donors (Lipinski definition) is 1. The van der Waals surface area contributed by atoms with Crippen molar-refractivity contribution in [1.82, 2.24) is 29.3 Å². The van der Waals surface area contributed by atoms with Crippen molar-refractivity contribution < 1.29 is 4.74 Å². The average molecular weight is 332 g/mol. The molecule has 0 aliphatic heterocycles. The second-order valence-corrected chi connectivity index (χ2v) is 6.15. The van der Waals surface area contributed by atoms with E-state index in [1.165, 1.54) is 0 Å². The Balaban J connectivity index is 1.77. The minimum atomic E-state index is 0.593. The Morgan fingerprint density at radius 3 is 2.76 bits per heavy atom. The number of pyridine rings is 2. The van der Waals surface area contributed by atoms with Crippen LogP contribution in [0.5, 0.6) is 5.88 Å².